The van der Waals surface area contributed by atoms with Crippen LogP contribution in [0.3, 0.4) is 0 Å². The predicted octanol–water partition coefficient (Wildman–Crippen LogP) is -2.08. The first-order chi connectivity index (χ1) is 6.27. The molecule has 0 saturated heterocycles. The number of halogens is 1. The van der Waals surface area contributed by atoms with Crippen molar-refractivity contribution >= 4 is 0 Å². The quantitative estimate of drug-likeness (QED) is 0.494. The molecule has 0 radical (unpaired) electrons. The average Bonchev–Trinajstić information content (AvgIpc) is 2.47. The zero-order valence-electron chi connectivity index (χ0n) is 8.18. The lowest BCUT2D eigenvalue weighted by Crippen LogP contribution is -3.00. The molecule has 1 aromatic heterocycles. The normalized spacial score (nSPS) is 9.57. The Morgan fingerprint density at radius 1 is 1.21 bits per heavy atom. The SMILES string of the molecule is Cn1c[n+](C)c(-c2ccccc2)n1.[Cl-]. The van der Waals surface area contributed by atoms with E-state index in [4.69, 9.17) is 0 Å². The Balaban J connectivity index is 0.000000980. The summed E-state index contributed by atoms with van der Waals surface area (Å²) >= 11 is 0. The van der Waals surface area contributed by atoms with E-state index in [1.54, 1.807) is 0 Å². The summed E-state index contributed by atoms with van der Waals surface area (Å²) in [5.74, 6) is 0.989. The van der Waals surface area contributed by atoms with Gasteiger partial charge >= 0.3 is 5.82 Å². The Labute approximate surface area is 89.4 Å². The highest BCUT2D eigenvalue weighted by Gasteiger charge is 2.12. The molecule has 0 bridgehead atoms. The molecule has 2 rings (SSSR count). The summed E-state index contributed by atoms with van der Waals surface area (Å²) in [6.07, 6.45) is 1.95. The van der Waals surface area contributed by atoms with Crippen LogP contribution in [0.2, 0.25) is 0 Å². The summed E-state index contributed by atoms with van der Waals surface area (Å²) in [5, 5.41) is 4.36. The fraction of sp³-hybridized carbons (Fsp3) is 0.200. The topological polar surface area (TPSA) is 21.7 Å². The van der Waals surface area contributed by atoms with Gasteiger partial charge in [-0.15, -0.1) is 4.68 Å². The number of rotatable bonds is 1. The molecule has 0 amide bonds. The molecule has 74 valence electrons. The predicted molar refractivity (Wildman–Crippen MR) is 49.8 cm³/mol. The number of hydrogen-bond acceptors (Lipinski definition) is 1. The molecule has 1 heterocycles. The first-order valence-electron chi connectivity index (χ1n) is 4.22. The zero-order valence-corrected chi connectivity index (χ0v) is 8.94. The van der Waals surface area contributed by atoms with Crippen molar-refractivity contribution in [2.45, 2.75) is 0 Å². The van der Waals surface area contributed by atoms with Gasteiger partial charge in [0.25, 0.3) is 0 Å². The molecule has 0 atom stereocenters. The van der Waals surface area contributed by atoms with Gasteiger partial charge in [0, 0.05) is 5.10 Å². The van der Waals surface area contributed by atoms with E-state index in [0.717, 1.165) is 11.4 Å². The molecule has 0 aliphatic heterocycles. The standard InChI is InChI=1S/C10H12N3.ClH/c1-12-8-13(2)11-10(12)9-6-4-3-5-7-9;/h3-8H,1-2H3;1H/q+1;/p-1. The average molecular weight is 210 g/mol. The molecule has 0 fully saturated rings. The molecule has 2 aromatic rings. The maximum Gasteiger partial charge on any atom is 0.308 e. The minimum atomic E-state index is 0. The van der Waals surface area contributed by atoms with Crippen molar-refractivity contribution in [3.8, 4) is 11.4 Å². The molecule has 0 spiro atoms. The fourth-order valence-corrected chi connectivity index (χ4v) is 1.40. The van der Waals surface area contributed by atoms with Gasteiger partial charge in [0.05, 0.1) is 19.7 Å². The lowest BCUT2D eigenvalue weighted by molar-refractivity contribution is -0.661. The van der Waals surface area contributed by atoms with E-state index in [1.165, 1.54) is 0 Å². The highest BCUT2D eigenvalue weighted by atomic mass is 35.5. The van der Waals surface area contributed by atoms with Crippen LogP contribution in [-0.4, -0.2) is 9.78 Å². The monoisotopic (exact) mass is 209 g/mol. The van der Waals surface area contributed by atoms with Crippen LogP contribution in [0.25, 0.3) is 11.4 Å². The van der Waals surface area contributed by atoms with Crippen molar-refractivity contribution in [3.05, 3.63) is 36.7 Å². The van der Waals surface area contributed by atoms with Crippen LogP contribution in [0, 0.1) is 0 Å². The summed E-state index contributed by atoms with van der Waals surface area (Å²) in [4.78, 5) is 0. The first kappa shape index (κ1) is 10.7. The van der Waals surface area contributed by atoms with Gasteiger partial charge in [-0.2, -0.15) is 0 Å². The van der Waals surface area contributed by atoms with E-state index >= 15 is 0 Å². The summed E-state index contributed by atoms with van der Waals surface area (Å²) in [6, 6.07) is 10.2. The minimum absolute atomic E-state index is 0. The Morgan fingerprint density at radius 2 is 1.86 bits per heavy atom. The van der Waals surface area contributed by atoms with E-state index in [1.807, 2.05) is 47.9 Å². The molecule has 14 heavy (non-hydrogen) atoms. The molecular formula is C10H12ClN3. The first-order valence-corrected chi connectivity index (χ1v) is 4.22. The summed E-state index contributed by atoms with van der Waals surface area (Å²) in [5.41, 5.74) is 1.14. The van der Waals surface area contributed by atoms with Crippen molar-refractivity contribution in [1.82, 2.24) is 9.78 Å². The number of aryl methyl sites for hydroxylation is 2. The second-order valence-electron chi connectivity index (χ2n) is 3.09. The van der Waals surface area contributed by atoms with Crippen molar-refractivity contribution < 1.29 is 17.0 Å². The maximum absolute atomic E-state index is 4.36. The molecule has 1 aromatic carbocycles. The van der Waals surface area contributed by atoms with Gasteiger partial charge in [0.2, 0.25) is 6.33 Å². The molecular weight excluding hydrogens is 198 g/mol. The molecule has 0 unspecified atom stereocenters. The van der Waals surface area contributed by atoms with E-state index in [-0.39, 0.29) is 12.4 Å². The minimum Gasteiger partial charge on any atom is -1.00 e. The van der Waals surface area contributed by atoms with E-state index in [9.17, 15) is 0 Å². The third-order valence-corrected chi connectivity index (χ3v) is 1.96. The summed E-state index contributed by atoms with van der Waals surface area (Å²) < 4.78 is 3.82. The van der Waals surface area contributed by atoms with Crippen molar-refractivity contribution in [2.75, 3.05) is 0 Å². The number of nitrogens with zero attached hydrogens (tertiary/aromatic N) is 3. The Morgan fingerprint density at radius 3 is 2.36 bits per heavy atom. The van der Waals surface area contributed by atoms with Crippen LogP contribution in [0.15, 0.2) is 36.7 Å². The van der Waals surface area contributed by atoms with E-state index in [2.05, 4.69) is 17.2 Å². The van der Waals surface area contributed by atoms with Crippen LogP contribution >= 0.6 is 0 Å². The van der Waals surface area contributed by atoms with Gasteiger partial charge in [0.1, 0.15) is 0 Å². The van der Waals surface area contributed by atoms with Gasteiger partial charge < -0.3 is 12.4 Å². The Bertz CT molecular complexity index is 409. The van der Waals surface area contributed by atoms with Crippen molar-refractivity contribution in [1.29, 1.82) is 0 Å². The van der Waals surface area contributed by atoms with E-state index < -0.39 is 0 Å². The van der Waals surface area contributed by atoms with Crippen LogP contribution in [0.5, 0.6) is 0 Å². The van der Waals surface area contributed by atoms with Crippen LogP contribution in [0.4, 0.5) is 0 Å². The number of aromatic nitrogens is 3. The largest absolute Gasteiger partial charge is 1.00 e. The summed E-state index contributed by atoms with van der Waals surface area (Å²) in [7, 11) is 3.92. The second-order valence-corrected chi connectivity index (χ2v) is 3.09. The molecule has 0 aliphatic carbocycles. The van der Waals surface area contributed by atoms with Crippen molar-refractivity contribution in [3.63, 3.8) is 0 Å². The summed E-state index contributed by atoms with van der Waals surface area (Å²) in [6.45, 7) is 0. The van der Waals surface area contributed by atoms with Crippen LogP contribution in [0.1, 0.15) is 0 Å². The van der Waals surface area contributed by atoms with E-state index in [0.29, 0.717) is 0 Å². The van der Waals surface area contributed by atoms with Gasteiger partial charge in [-0.25, -0.2) is 4.57 Å². The molecule has 0 aliphatic rings. The fourth-order valence-electron chi connectivity index (χ4n) is 1.40. The van der Waals surface area contributed by atoms with Gasteiger partial charge in [-0.1, -0.05) is 18.2 Å². The lowest BCUT2D eigenvalue weighted by atomic mass is 10.2. The number of hydrogen-bond donors (Lipinski definition) is 0. The molecule has 4 heteroatoms. The van der Waals surface area contributed by atoms with Crippen LogP contribution < -0.4 is 17.0 Å². The van der Waals surface area contributed by atoms with Crippen LogP contribution in [-0.2, 0) is 14.1 Å². The lowest BCUT2D eigenvalue weighted by Gasteiger charge is -1.91. The maximum atomic E-state index is 4.36. The highest BCUT2D eigenvalue weighted by Crippen LogP contribution is 2.10. The highest BCUT2D eigenvalue weighted by molar-refractivity contribution is 5.50. The zero-order chi connectivity index (χ0) is 9.26. The van der Waals surface area contributed by atoms with Gasteiger partial charge in [0.15, 0.2) is 0 Å². The Kier molecular flexibility index (Phi) is 3.25. The molecule has 0 saturated carbocycles. The molecule has 3 nitrogen and oxygen atoms in total. The Hall–Kier alpha value is -1.35. The smallest absolute Gasteiger partial charge is 0.308 e. The van der Waals surface area contributed by atoms with Gasteiger partial charge in [-0.05, 0) is 12.1 Å². The second kappa shape index (κ2) is 4.24. The molecule has 0 N–H and O–H groups in total. The van der Waals surface area contributed by atoms with Gasteiger partial charge in [-0.3, -0.25) is 0 Å². The third kappa shape index (κ3) is 1.93. The third-order valence-electron chi connectivity index (χ3n) is 1.96. The number of benzene rings is 1. The van der Waals surface area contributed by atoms with Crippen molar-refractivity contribution in [2.24, 2.45) is 14.1 Å².